The molecule has 0 radical (unpaired) electrons. The fraction of sp³-hybridized carbons (Fsp3) is 0.692. The van der Waals surface area contributed by atoms with Crippen molar-refractivity contribution in [3.8, 4) is 5.75 Å². The Hall–Kier alpha value is -0.603. The topological polar surface area (TPSA) is 236 Å². The number of benzene rings is 1. The van der Waals surface area contributed by atoms with Crippen molar-refractivity contribution in [3.05, 3.63) is 30.3 Å². The van der Waals surface area contributed by atoms with Crippen LogP contribution in [0, 0.1) is 0 Å². The summed E-state index contributed by atoms with van der Waals surface area (Å²) in [6.45, 7) is 11.1. The normalized spacial score (nSPS) is 13.5. The van der Waals surface area contributed by atoms with Crippen molar-refractivity contribution in [3.63, 3.8) is 0 Å². The number of likely N-dealkylation sites (N-methyl/N-ethyl adjacent to an activating group) is 1. The van der Waals surface area contributed by atoms with Crippen molar-refractivity contribution in [2.45, 2.75) is 90.1 Å². The third-order valence-electron chi connectivity index (χ3n) is 5.43. The van der Waals surface area contributed by atoms with Gasteiger partial charge in [-0.15, -0.1) is 0 Å². The molecule has 3 atom stereocenters. The zero-order valence-electron chi connectivity index (χ0n) is 26.8. The average Bonchev–Trinajstić information content (AvgIpc) is 2.86. The van der Waals surface area contributed by atoms with Crippen LogP contribution >= 0.6 is 15.2 Å². The van der Waals surface area contributed by atoms with Crippen molar-refractivity contribution in [2.75, 3.05) is 26.0 Å². The number of nitrogens with two attached hydrogens (primary N) is 1. The quantitative estimate of drug-likeness (QED) is 0.0558. The second kappa shape index (κ2) is 26.6. The summed E-state index contributed by atoms with van der Waals surface area (Å²) in [5.41, 5.74) is 5.81. The Balaban J connectivity index is -0.000000363. The smallest absolute Gasteiger partial charge is 0.870 e. The van der Waals surface area contributed by atoms with Crippen LogP contribution in [0.3, 0.4) is 0 Å². The fourth-order valence-corrected chi connectivity index (χ4v) is 5.62. The first-order valence-corrected chi connectivity index (χ1v) is 21.2. The molecule has 1 aromatic carbocycles. The van der Waals surface area contributed by atoms with E-state index in [1.807, 2.05) is 13.8 Å². The minimum atomic E-state index is -3.93. The number of nitrogens with one attached hydrogen (secondary N) is 1. The van der Waals surface area contributed by atoms with Crippen molar-refractivity contribution >= 4 is 35.2 Å². The number of carbonyl (C=O) groups excluding carboxylic acids is 1. The Bertz CT molecular complexity index is 951. The maximum atomic E-state index is 12.0. The molecule has 0 heterocycles. The van der Waals surface area contributed by atoms with E-state index in [2.05, 4.69) is 25.0 Å². The zero-order valence-corrected chi connectivity index (χ0v) is 31.6. The predicted octanol–water partition coefficient (Wildman–Crippen LogP) is 1.49. The van der Waals surface area contributed by atoms with Gasteiger partial charge in [-0.25, -0.2) is 4.57 Å². The molecule has 8 N–H and O–H groups in total. The summed E-state index contributed by atoms with van der Waals surface area (Å²) in [6, 6.07) is 8.14. The third-order valence-corrected chi connectivity index (χ3v) is 9.42. The molecule has 1 unspecified atom stereocenters. The van der Waals surface area contributed by atoms with E-state index in [-0.39, 0.29) is 47.4 Å². The molecule has 0 aliphatic heterocycles. The van der Waals surface area contributed by atoms with E-state index in [9.17, 15) is 23.6 Å². The molecule has 0 spiro atoms. The molecule has 0 aliphatic rings. The van der Waals surface area contributed by atoms with Gasteiger partial charge in [-0.1, -0.05) is 64.5 Å². The minimum absolute atomic E-state index is 0. The van der Waals surface area contributed by atoms with Crippen molar-refractivity contribution < 1.29 is 82.8 Å². The summed E-state index contributed by atoms with van der Waals surface area (Å²) >= 11 is 0. The Morgan fingerprint density at radius 2 is 1.47 bits per heavy atom. The number of carbonyl (C=O) groups is 2. The van der Waals surface area contributed by atoms with Crippen molar-refractivity contribution in [1.82, 2.24) is 5.32 Å². The van der Waals surface area contributed by atoms with Gasteiger partial charge in [0, 0.05) is 14.2 Å². The number of hydrogen-bond donors (Lipinski definition) is 6. The number of carboxylic acid groups (broad SMARTS) is 1. The van der Waals surface area contributed by atoms with E-state index in [1.165, 1.54) is 0 Å². The first-order valence-electron chi connectivity index (χ1n) is 13.9. The van der Waals surface area contributed by atoms with E-state index in [4.69, 9.17) is 29.9 Å². The number of rotatable bonds is 18. The monoisotopic (exact) mass is 682 g/mol. The van der Waals surface area contributed by atoms with Crippen LogP contribution in [-0.4, -0.2) is 83.3 Å². The summed E-state index contributed by atoms with van der Waals surface area (Å²) in [7, 11) is -7.30. The van der Waals surface area contributed by atoms with Crippen LogP contribution in [0.25, 0.3) is 0 Å². The van der Waals surface area contributed by atoms with Crippen LogP contribution in [0.5, 0.6) is 5.75 Å². The molecular weight excluding hydrogens is 629 g/mol. The number of carboxylic acids is 1. The molecule has 1 rings (SSSR count). The molecule has 17 heteroatoms. The largest absolute Gasteiger partial charge is 1.00 e. The Kier molecular flexibility index (Phi) is 30.5. The number of esters is 1. The summed E-state index contributed by atoms with van der Waals surface area (Å²) in [5.74, 6) is -0.967. The maximum absolute atomic E-state index is 12.0. The molecule has 0 aliphatic carbocycles. The van der Waals surface area contributed by atoms with Gasteiger partial charge in [0.15, 0.2) is 0 Å². The van der Waals surface area contributed by atoms with Crippen LogP contribution in [-0.2, 0) is 23.5 Å². The second-order valence-corrected chi connectivity index (χ2v) is 19.7. The van der Waals surface area contributed by atoms with E-state index in [0.717, 1.165) is 6.04 Å². The van der Waals surface area contributed by atoms with Gasteiger partial charge < -0.3 is 45.6 Å². The molecular formula is C26H53N2NaO11P2Si. The van der Waals surface area contributed by atoms with E-state index in [1.54, 1.807) is 37.4 Å². The Morgan fingerprint density at radius 1 is 0.953 bits per heavy atom. The third kappa shape index (κ3) is 31.2. The maximum Gasteiger partial charge on any atom is 1.00 e. The molecule has 0 bridgehead atoms. The van der Waals surface area contributed by atoms with Crippen LogP contribution in [0.15, 0.2) is 30.3 Å². The van der Waals surface area contributed by atoms with E-state index in [0.29, 0.717) is 50.9 Å². The molecule has 0 saturated carbocycles. The summed E-state index contributed by atoms with van der Waals surface area (Å²) in [4.78, 5) is 49.2. The number of unbranched alkanes of at least 4 members (excludes halogenated alkanes) is 2. The molecule has 0 amide bonds. The number of para-hydroxylation sites is 1. The Morgan fingerprint density at radius 3 is 1.93 bits per heavy atom. The minimum Gasteiger partial charge on any atom is -0.870 e. The van der Waals surface area contributed by atoms with E-state index >= 15 is 0 Å². The molecule has 43 heavy (non-hydrogen) atoms. The number of aliphatic carboxylic acids is 1. The summed E-state index contributed by atoms with van der Waals surface area (Å²) in [6.07, 6.45) is 2.51. The van der Waals surface area contributed by atoms with E-state index < -0.39 is 47.3 Å². The fourth-order valence-electron chi connectivity index (χ4n) is 3.11. The number of ether oxygens (including phenoxy) is 1. The first kappa shape index (κ1) is 49.3. The van der Waals surface area contributed by atoms with Crippen LogP contribution in [0.4, 0.5) is 0 Å². The first-order chi connectivity index (χ1) is 19.0. The van der Waals surface area contributed by atoms with Crippen molar-refractivity contribution in [1.29, 1.82) is 0 Å². The van der Waals surface area contributed by atoms with Crippen LogP contribution in [0.2, 0.25) is 25.7 Å². The summed E-state index contributed by atoms with van der Waals surface area (Å²) in [5, 5.41) is 11.2. The predicted molar refractivity (Wildman–Crippen MR) is 167 cm³/mol. The SMILES string of the molecule is CC.CN[C@@H](CCCCP(=O)(O)O)C(=O)O.C[Si](C)(C)CCOC(=O)[C@@H](N)CCCCP(=O)(O)Oc1ccccc1.[Na+].[OH-]. The van der Waals surface area contributed by atoms with Gasteiger partial charge in [-0.05, 0) is 50.9 Å². The van der Waals surface area contributed by atoms with Gasteiger partial charge in [-0.3, -0.25) is 14.2 Å². The van der Waals surface area contributed by atoms with Crippen LogP contribution in [0.1, 0.15) is 52.4 Å². The van der Waals surface area contributed by atoms with Gasteiger partial charge in [0.25, 0.3) is 0 Å². The molecule has 248 valence electrons. The zero-order chi connectivity index (χ0) is 32.1. The Labute approximate surface area is 280 Å². The standard InChI is InChI=1S/C17H30NO5PSi.C7H16NO5P.C2H6.Na.H2O/c1-25(2,3)14-12-22-17(19)16(18)11-7-8-13-24(20,21)23-15-9-5-4-6-10-15;1-8-6(7(9)10)4-2-3-5-14(11,12)13;1-2;;/h4-6,9-10,16H,7-8,11-14,18H2,1-3H3,(H,20,21);6,8H,2-5H2,1H3,(H,9,10)(H2,11,12,13);1-2H3;;1H2/q;;;+1;/p-1/t16-;6-;;;/m00.../s1. The molecule has 0 fully saturated rings. The molecule has 0 saturated heterocycles. The van der Waals surface area contributed by atoms with Crippen molar-refractivity contribution in [2.24, 2.45) is 5.73 Å². The molecule has 13 nitrogen and oxygen atoms in total. The van der Waals surface area contributed by atoms with Crippen LogP contribution < -0.4 is 45.1 Å². The average molecular weight is 683 g/mol. The van der Waals surface area contributed by atoms with Gasteiger partial charge in [0.05, 0.1) is 12.8 Å². The summed E-state index contributed by atoms with van der Waals surface area (Å²) < 4.78 is 32.8. The second-order valence-electron chi connectivity index (χ2n) is 10.4. The van der Waals surface area contributed by atoms with Gasteiger partial charge >= 0.3 is 56.7 Å². The number of hydrogen-bond acceptors (Lipinski definition) is 9. The van der Waals surface area contributed by atoms with Gasteiger partial charge in [0.1, 0.15) is 17.8 Å². The van der Waals surface area contributed by atoms with Gasteiger partial charge in [0.2, 0.25) is 0 Å². The molecule has 0 aromatic heterocycles. The molecule has 1 aromatic rings. The van der Waals surface area contributed by atoms with Gasteiger partial charge in [-0.2, -0.15) is 0 Å².